The minimum Gasteiger partial charge on any atom is -0.493 e. The van der Waals surface area contributed by atoms with E-state index in [-0.39, 0.29) is 11.3 Å². The van der Waals surface area contributed by atoms with Crippen molar-refractivity contribution in [3.05, 3.63) is 81.9 Å². The minimum absolute atomic E-state index is 0.247. The van der Waals surface area contributed by atoms with Gasteiger partial charge in [-0.15, -0.1) is 0 Å². The van der Waals surface area contributed by atoms with Crippen molar-refractivity contribution in [2.45, 2.75) is 13.5 Å². The van der Waals surface area contributed by atoms with E-state index in [9.17, 15) is 23.7 Å². The maximum Gasteiger partial charge on any atom is 0.387 e. The van der Waals surface area contributed by atoms with Gasteiger partial charge < -0.3 is 19.5 Å². The lowest BCUT2D eigenvalue weighted by molar-refractivity contribution is -0.385. The Bertz CT molecular complexity index is 1140. The number of ether oxygens (including phenoxy) is 3. The summed E-state index contributed by atoms with van der Waals surface area (Å²) < 4.78 is 40.0. The molecule has 0 aliphatic rings. The molecule has 3 rings (SSSR count). The molecular formula is C22H18F2N2O6. The third-order valence-electron chi connectivity index (χ3n) is 4.28. The highest BCUT2D eigenvalue weighted by atomic mass is 19.3. The van der Waals surface area contributed by atoms with Crippen molar-refractivity contribution < 1.29 is 32.7 Å². The van der Waals surface area contributed by atoms with Gasteiger partial charge in [0.2, 0.25) is 0 Å². The second kappa shape index (κ2) is 9.73. The van der Waals surface area contributed by atoms with E-state index in [1.165, 1.54) is 0 Å². The first-order valence-corrected chi connectivity index (χ1v) is 9.24. The molecule has 0 heterocycles. The highest BCUT2D eigenvalue weighted by Crippen LogP contribution is 2.36. The van der Waals surface area contributed by atoms with E-state index in [2.05, 4.69) is 10.1 Å². The van der Waals surface area contributed by atoms with Gasteiger partial charge >= 0.3 is 6.61 Å². The van der Waals surface area contributed by atoms with Gasteiger partial charge in [0.1, 0.15) is 17.1 Å². The molecule has 0 radical (unpaired) electrons. The normalized spacial score (nSPS) is 10.5. The predicted octanol–water partition coefficient (Wildman–Crippen LogP) is 5.56. The number of carbonyl (C=O) groups excluding carboxylic acids is 1. The van der Waals surface area contributed by atoms with Gasteiger partial charge in [-0.2, -0.15) is 8.78 Å². The van der Waals surface area contributed by atoms with Crippen LogP contribution >= 0.6 is 0 Å². The Morgan fingerprint density at radius 1 is 1.03 bits per heavy atom. The van der Waals surface area contributed by atoms with Crippen molar-refractivity contribution in [2.75, 3.05) is 12.4 Å². The predicted molar refractivity (Wildman–Crippen MR) is 112 cm³/mol. The lowest BCUT2D eigenvalue weighted by Gasteiger charge is -2.12. The fraction of sp³-hybridized carbons (Fsp3) is 0.136. The Morgan fingerprint density at radius 2 is 1.75 bits per heavy atom. The van der Waals surface area contributed by atoms with Crippen molar-refractivity contribution in [1.82, 2.24) is 0 Å². The smallest absolute Gasteiger partial charge is 0.387 e. The zero-order valence-corrected chi connectivity index (χ0v) is 17.0. The molecule has 0 aromatic heterocycles. The van der Waals surface area contributed by atoms with Crippen LogP contribution in [0.1, 0.15) is 15.9 Å². The lowest BCUT2D eigenvalue weighted by atomic mass is 10.1. The minimum atomic E-state index is -3.22. The second-order valence-electron chi connectivity index (χ2n) is 6.55. The topological polar surface area (TPSA) is 99.9 Å². The number of nitro benzene ring substituents is 1. The number of hydrogen-bond donors (Lipinski definition) is 1. The standard InChI is InChI=1S/C22H18F2N2O6/c1-13-4-3-5-16(10-13)31-15-8-6-14(7-9-15)25-21(27)17-11-19(30-2)20(32-22(23)24)12-18(17)26(28)29/h3-12,22H,1-2H3,(H,25,27). The van der Waals surface area contributed by atoms with Crippen LogP contribution in [0.15, 0.2) is 60.7 Å². The number of alkyl halides is 2. The number of nitrogens with one attached hydrogen (secondary N) is 1. The van der Waals surface area contributed by atoms with Gasteiger partial charge in [0.15, 0.2) is 11.5 Å². The zero-order chi connectivity index (χ0) is 23.3. The summed E-state index contributed by atoms with van der Waals surface area (Å²) in [5.41, 5.74) is 0.285. The van der Waals surface area contributed by atoms with Crippen molar-refractivity contribution in [1.29, 1.82) is 0 Å². The summed E-state index contributed by atoms with van der Waals surface area (Å²) in [6.07, 6.45) is 0. The number of aryl methyl sites for hydroxylation is 1. The molecule has 3 aromatic carbocycles. The fourth-order valence-electron chi connectivity index (χ4n) is 2.85. The summed E-state index contributed by atoms with van der Waals surface area (Å²) in [4.78, 5) is 23.2. The van der Waals surface area contributed by atoms with Gasteiger partial charge in [-0.3, -0.25) is 14.9 Å². The molecule has 0 aliphatic carbocycles. The molecule has 0 saturated carbocycles. The van der Waals surface area contributed by atoms with Crippen LogP contribution in [0.4, 0.5) is 20.2 Å². The summed E-state index contributed by atoms with van der Waals surface area (Å²) in [5, 5.41) is 13.9. The Labute approximate surface area is 181 Å². The van der Waals surface area contributed by atoms with Crippen LogP contribution in [0.25, 0.3) is 0 Å². The third kappa shape index (κ3) is 5.48. The summed E-state index contributed by atoms with van der Waals surface area (Å²) >= 11 is 0. The van der Waals surface area contributed by atoms with Gasteiger partial charge in [-0.25, -0.2) is 0 Å². The molecule has 0 bridgehead atoms. The molecule has 8 nitrogen and oxygen atoms in total. The fourth-order valence-corrected chi connectivity index (χ4v) is 2.85. The number of nitrogens with zero attached hydrogens (tertiary/aromatic N) is 1. The Kier molecular flexibility index (Phi) is 6.83. The number of carbonyl (C=O) groups is 1. The van der Waals surface area contributed by atoms with E-state index >= 15 is 0 Å². The van der Waals surface area contributed by atoms with Gasteiger partial charge in [0.05, 0.1) is 18.1 Å². The molecule has 166 valence electrons. The first-order valence-electron chi connectivity index (χ1n) is 9.24. The number of amides is 1. The van der Waals surface area contributed by atoms with Crippen LogP contribution < -0.4 is 19.5 Å². The van der Waals surface area contributed by atoms with E-state index in [1.807, 2.05) is 25.1 Å². The van der Waals surface area contributed by atoms with Crippen molar-refractivity contribution in [3.8, 4) is 23.0 Å². The first-order chi connectivity index (χ1) is 15.3. The van der Waals surface area contributed by atoms with Crippen LogP contribution in [-0.2, 0) is 0 Å². The van der Waals surface area contributed by atoms with E-state index in [0.29, 0.717) is 17.2 Å². The van der Waals surface area contributed by atoms with Crippen molar-refractivity contribution >= 4 is 17.3 Å². The Hall–Kier alpha value is -4.21. The number of halogens is 2. The van der Waals surface area contributed by atoms with E-state index in [4.69, 9.17) is 9.47 Å². The molecule has 0 saturated heterocycles. The zero-order valence-electron chi connectivity index (χ0n) is 17.0. The van der Waals surface area contributed by atoms with Gasteiger partial charge in [0, 0.05) is 11.8 Å². The number of methoxy groups -OCH3 is 1. The highest BCUT2D eigenvalue weighted by molar-refractivity contribution is 6.07. The summed E-state index contributed by atoms with van der Waals surface area (Å²) in [6, 6.07) is 15.5. The van der Waals surface area contributed by atoms with Crippen LogP contribution in [0.3, 0.4) is 0 Å². The molecule has 3 aromatic rings. The molecule has 0 unspecified atom stereocenters. The largest absolute Gasteiger partial charge is 0.493 e. The number of benzene rings is 3. The highest BCUT2D eigenvalue weighted by Gasteiger charge is 2.26. The first kappa shape index (κ1) is 22.5. The van der Waals surface area contributed by atoms with E-state index in [0.717, 1.165) is 24.8 Å². The quantitative estimate of drug-likeness (QED) is 0.361. The molecule has 0 spiro atoms. The molecule has 1 amide bonds. The molecule has 1 N–H and O–H groups in total. The monoisotopic (exact) mass is 444 g/mol. The van der Waals surface area contributed by atoms with Crippen LogP contribution in [0.5, 0.6) is 23.0 Å². The number of nitro groups is 1. The lowest BCUT2D eigenvalue weighted by Crippen LogP contribution is -2.15. The third-order valence-corrected chi connectivity index (χ3v) is 4.28. The molecule has 0 atom stereocenters. The number of anilines is 1. The van der Waals surface area contributed by atoms with Gasteiger partial charge in [0.25, 0.3) is 11.6 Å². The van der Waals surface area contributed by atoms with Crippen molar-refractivity contribution in [3.63, 3.8) is 0 Å². The molecule has 0 aliphatic heterocycles. The number of hydrogen-bond acceptors (Lipinski definition) is 6. The maximum absolute atomic E-state index is 12.7. The van der Waals surface area contributed by atoms with Crippen LogP contribution in [0.2, 0.25) is 0 Å². The van der Waals surface area contributed by atoms with E-state index in [1.54, 1.807) is 30.3 Å². The second-order valence-corrected chi connectivity index (χ2v) is 6.55. The molecular weight excluding hydrogens is 426 g/mol. The van der Waals surface area contributed by atoms with Gasteiger partial charge in [-0.05, 0) is 48.9 Å². The average molecular weight is 444 g/mol. The maximum atomic E-state index is 12.7. The molecule has 0 fully saturated rings. The Morgan fingerprint density at radius 3 is 2.34 bits per heavy atom. The molecule has 32 heavy (non-hydrogen) atoms. The number of rotatable bonds is 8. The summed E-state index contributed by atoms with van der Waals surface area (Å²) in [7, 11) is 1.16. The van der Waals surface area contributed by atoms with Crippen molar-refractivity contribution in [2.24, 2.45) is 0 Å². The average Bonchev–Trinajstić information content (AvgIpc) is 2.74. The van der Waals surface area contributed by atoms with Gasteiger partial charge in [-0.1, -0.05) is 12.1 Å². The van der Waals surface area contributed by atoms with E-state index < -0.39 is 28.9 Å². The van der Waals surface area contributed by atoms with Crippen LogP contribution in [-0.4, -0.2) is 24.6 Å². The summed E-state index contributed by atoms with van der Waals surface area (Å²) in [5.74, 6) is -0.456. The summed E-state index contributed by atoms with van der Waals surface area (Å²) in [6.45, 7) is -1.28. The SMILES string of the molecule is COc1cc(C(=O)Nc2ccc(Oc3cccc(C)c3)cc2)c([N+](=O)[O-])cc1OC(F)F. The Balaban J connectivity index is 1.80. The van der Waals surface area contributed by atoms with Crippen LogP contribution in [0, 0.1) is 17.0 Å². The molecule has 10 heteroatoms.